The molecule has 0 N–H and O–H groups in total. The van der Waals surface area contributed by atoms with E-state index in [1.165, 1.54) is 11.1 Å². The van der Waals surface area contributed by atoms with Gasteiger partial charge < -0.3 is 9.30 Å². The Morgan fingerprint density at radius 3 is 2.00 bits per heavy atom. The number of hydrogen-bond donors (Lipinski definition) is 0. The normalized spacial score (nSPS) is 10.9. The van der Waals surface area contributed by atoms with Gasteiger partial charge in [0.1, 0.15) is 5.82 Å². The van der Waals surface area contributed by atoms with Crippen molar-refractivity contribution in [2.75, 3.05) is 6.61 Å². The summed E-state index contributed by atoms with van der Waals surface area (Å²) in [5, 5.41) is 0. The minimum absolute atomic E-state index is 0.00849. The Balaban J connectivity index is 1.81. The zero-order chi connectivity index (χ0) is 20.9. The van der Waals surface area contributed by atoms with Crippen LogP contribution in [0.25, 0.3) is 5.69 Å². The van der Waals surface area contributed by atoms with E-state index in [9.17, 15) is 4.79 Å². The van der Waals surface area contributed by atoms with Crippen molar-refractivity contribution < 1.29 is 9.53 Å². The SMILES string of the molecule is CCOC(=O)c1ccc(-n2c(C)cnc2C(c2ccccc2)c2ccccc2)cc1. The molecule has 3 aromatic carbocycles. The van der Waals surface area contributed by atoms with E-state index in [0.29, 0.717) is 12.2 Å². The second-order valence-electron chi connectivity index (χ2n) is 7.11. The third kappa shape index (κ3) is 3.90. The summed E-state index contributed by atoms with van der Waals surface area (Å²) in [5.74, 6) is 0.623. The van der Waals surface area contributed by atoms with Gasteiger partial charge in [-0.05, 0) is 49.2 Å². The number of carbonyl (C=O) groups is 1. The van der Waals surface area contributed by atoms with Crippen LogP contribution < -0.4 is 0 Å². The Hall–Kier alpha value is -3.66. The highest BCUT2D eigenvalue weighted by molar-refractivity contribution is 5.89. The summed E-state index contributed by atoms with van der Waals surface area (Å²) >= 11 is 0. The number of carbonyl (C=O) groups excluding carboxylic acids is 1. The number of esters is 1. The molecule has 0 unspecified atom stereocenters. The lowest BCUT2D eigenvalue weighted by Gasteiger charge is -2.20. The lowest BCUT2D eigenvalue weighted by Crippen LogP contribution is -2.12. The first-order valence-electron chi connectivity index (χ1n) is 10.1. The fraction of sp³-hybridized carbons (Fsp3) is 0.154. The second kappa shape index (κ2) is 8.78. The van der Waals surface area contributed by atoms with Crippen LogP contribution in [0.15, 0.2) is 91.1 Å². The van der Waals surface area contributed by atoms with E-state index in [1.807, 2.05) is 37.4 Å². The number of aryl methyl sites for hydroxylation is 1. The van der Waals surface area contributed by atoms with Crippen LogP contribution >= 0.6 is 0 Å². The van der Waals surface area contributed by atoms with Crippen molar-refractivity contribution in [1.82, 2.24) is 9.55 Å². The first-order chi connectivity index (χ1) is 14.7. The molecule has 1 heterocycles. The van der Waals surface area contributed by atoms with Crippen molar-refractivity contribution in [3.8, 4) is 5.69 Å². The maximum Gasteiger partial charge on any atom is 0.338 e. The smallest absolute Gasteiger partial charge is 0.338 e. The number of rotatable bonds is 6. The monoisotopic (exact) mass is 396 g/mol. The Kier molecular flexibility index (Phi) is 5.75. The van der Waals surface area contributed by atoms with E-state index in [2.05, 4.69) is 53.1 Å². The first-order valence-corrected chi connectivity index (χ1v) is 10.1. The van der Waals surface area contributed by atoms with Gasteiger partial charge in [0.15, 0.2) is 0 Å². The fourth-order valence-corrected chi connectivity index (χ4v) is 3.74. The van der Waals surface area contributed by atoms with E-state index in [-0.39, 0.29) is 11.9 Å². The van der Waals surface area contributed by atoms with Gasteiger partial charge in [-0.25, -0.2) is 9.78 Å². The summed E-state index contributed by atoms with van der Waals surface area (Å²) < 4.78 is 7.25. The van der Waals surface area contributed by atoms with Gasteiger partial charge in [-0.1, -0.05) is 60.7 Å². The highest BCUT2D eigenvalue weighted by Gasteiger charge is 2.23. The molecule has 0 saturated heterocycles. The van der Waals surface area contributed by atoms with Gasteiger partial charge in [0, 0.05) is 17.6 Å². The maximum atomic E-state index is 12.0. The van der Waals surface area contributed by atoms with Crippen LogP contribution in [-0.2, 0) is 4.74 Å². The van der Waals surface area contributed by atoms with Gasteiger partial charge in [-0.3, -0.25) is 0 Å². The van der Waals surface area contributed by atoms with Crippen molar-refractivity contribution in [3.63, 3.8) is 0 Å². The number of ether oxygens (including phenoxy) is 1. The molecule has 30 heavy (non-hydrogen) atoms. The Morgan fingerprint density at radius 2 is 1.47 bits per heavy atom. The highest BCUT2D eigenvalue weighted by Crippen LogP contribution is 2.33. The Bertz CT molecular complexity index is 1080. The second-order valence-corrected chi connectivity index (χ2v) is 7.11. The molecule has 4 aromatic rings. The lowest BCUT2D eigenvalue weighted by atomic mass is 9.90. The molecule has 0 fully saturated rings. The summed E-state index contributed by atoms with van der Waals surface area (Å²) in [6.07, 6.45) is 1.90. The highest BCUT2D eigenvalue weighted by atomic mass is 16.5. The van der Waals surface area contributed by atoms with Crippen molar-refractivity contribution >= 4 is 5.97 Å². The number of hydrogen-bond acceptors (Lipinski definition) is 3. The first kappa shape index (κ1) is 19.6. The molecule has 0 amide bonds. The van der Waals surface area contributed by atoms with Crippen molar-refractivity contribution in [1.29, 1.82) is 0 Å². The van der Waals surface area contributed by atoms with Crippen LogP contribution in [0.5, 0.6) is 0 Å². The van der Waals surface area contributed by atoms with Gasteiger partial charge in [-0.15, -0.1) is 0 Å². The number of benzene rings is 3. The Labute approximate surface area is 176 Å². The van der Waals surface area contributed by atoms with Crippen molar-refractivity contribution in [2.24, 2.45) is 0 Å². The quantitative estimate of drug-likeness (QED) is 0.402. The van der Waals surface area contributed by atoms with Crippen LogP contribution in [0.1, 0.15) is 45.8 Å². The molecular formula is C26H24N2O2. The minimum atomic E-state index is -0.307. The molecule has 0 spiro atoms. The van der Waals surface area contributed by atoms with E-state index in [4.69, 9.17) is 9.72 Å². The van der Waals surface area contributed by atoms with Crippen LogP contribution in [-0.4, -0.2) is 22.1 Å². The molecule has 1 aromatic heterocycles. The fourth-order valence-electron chi connectivity index (χ4n) is 3.74. The van der Waals surface area contributed by atoms with Crippen molar-refractivity contribution in [2.45, 2.75) is 19.8 Å². The lowest BCUT2D eigenvalue weighted by molar-refractivity contribution is 0.0526. The van der Waals surface area contributed by atoms with Gasteiger partial charge in [0.05, 0.1) is 18.1 Å². The van der Waals surface area contributed by atoms with E-state index >= 15 is 0 Å². The molecule has 4 rings (SSSR count). The van der Waals surface area contributed by atoms with E-state index < -0.39 is 0 Å². The molecule has 0 aliphatic rings. The summed E-state index contributed by atoms with van der Waals surface area (Å²) in [5.41, 5.74) is 4.90. The topological polar surface area (TPSA) is 44.1 Å². The molecule has 0 aliphatic heterocycles. The third-order valence-electron chi connectivity index (χ3n) is 5.13. The number of aromatic nitrogens is 2. The molecule has 0 bridgehead atoms. The molecule has 4 nitrogen and oxygen atoms in total. The summed E-state index contributed by atoms with van der Waals surface area (Å²) in [4.78, 5) is 16.8. The minimum Gasteiger partial charge on any atom is -0.462 e. The standard InChI is InChI=1S/C26H24N2O2/c1-3-30-26(29)22-14-16-23(17-15-22)28-19(2)18-27-25(28)24(20-10-6-4-7-11-20)21-12-8-5-9-13-21/h4-18,24H,3H2,1-2H3. The Morgan fingerprint density at radius 1 is 0.900 bits per heavy atom. The largest absolute Gasteiger partial charge is 0.462 e. The average molecular weight is 396 g/mol. The zero-order valence-electron chi connectivity index (χ0n) is 17.2. The predicted octanol–water partition coefficient (Wildman–Crippen LogP) is 5.54. The maximum absolute atomic E-state index is 12.0. The van der Waals surface area contributed by atoms with Gasteiger partial charge in [0.25, 0.3) is 0 Å². The van der Waals surface area contributed by atoms with Crippen LogP contribution in [0.4, 0.5) is 0 Å². The van der Waals surface area contributed by atoms with Crippen LogP contribution in [0.3, 0.4) is 0 Å². The van der Waals surface area contributed by atoms with Gasteiger partial charge in [-0.2, -0.15) is 0 Å². The zero-order valence-corrected chi connectivity index (χ0v) is 17.2. The molecule has 0 saturated carbocycles. The molecule has 150 valence electrons. The number of nitrogens with zero attached hydrogens (tertiary/aromatic N) is 2. The van der Waals surface area contributed by atoms with Crippen molar-refractivity contribution in [3.05, 3.63) is 119 Å². The molecular weight excluding hydrogens is 372 g/mol. The third-order valence-corrected chi connectivity index (χ3v) is 5.13. The van der Waals surface area contributed by atoms with Crippen LogP contribution in [0.2, 0.25) is 0 Å². The molecule has 0 aliphatic carbocycles. The number of imidazole rings is 1. The van der Waals surface area contributed by atoms with E-state index in [1.54, 1.807) is 19.1 Å². The molecule has 0 radical (unpaired) electrons. The summed E-state index contributed by atoms with van der Waals surface area (Å²) in [7, 11) is 0. The van der Waals surface area contributed by atoms with Gasteiger partial charge in [0.2, 0.25) is 0 Å². The summed E-state index contributed by atoms with van der Waals surface area (Å²) in [6.45, 7) is 4.21. The van der Waals surface area contributed by atoms with Crippen LogP contribution in [0, 0.1) is 6.92 Å². The molecule has 0 atom stereocenters. The summed E-state index contributed by atoms with van der Waals surface area (Å²) in [6, 6.07) is 28.3. The predicted molar refractivity (Wildman–Crippen MR) is 118 cm³/mol. The molecule has 4 heteroatoms. The average Bonchev–Trinajstić information content (AvgIpc) is 3.16. The van der Waals surface area contributed by atoms with Gasteiger partial charge >= 0.3 is 5.97 Å². The van der Waals surface area contributed by atoms with E-state index in [0.717, 1.165) is 17.2 Å².